The van der Waals surface area contributed by atoms with Crippen LogP contribution in [0.15, 0.2) is 41.0 Å². The van der Waals surface area contributed by atoms with Gasteiger partial charge >= 0.3 is 0 Å². The molecule has 2 heterocycles. The van der Waals surface area contributed by atoms with E-state index in [0.717, 1.165) is 10.0 Å². The average molecular weight is 334 g/mol. The molecule has 3 rings (SSSR count). The molecule has 4 nitrogen and oxygen atoms in total. The van der Waals surface area contributed by atoms with Gasteiger partial charge in [0, 0.05) is 22.3 Å². The van der Waals surface area contributed by atoms with Crippen molar-refractivity contribution < 1.29 is 14.3 Å². The zero-order valence-electron chi connectivity index (χ0n) is 10.8. The van der Waals surface area contributed by atoms with Crippen LogP contribution in [0.5, 0.6) is 11.6 Å². The van der Waals surface area contributed by atoms with E-state index in [1.807, 2.05) is 18.2 Å². The zero-order chi connectivity index (χ0) is 14.1. The van der Waals surface area contributed by atoms with Crippen molar-refractivity contribution in [1.29, 1.82) is 0 Å². The molecule has 0 bridgehead atoms. The minimum Gasteiger partial charge on any atom is -0.484 e. The molecule has 0 amide bonds. The maximum Gasteiger partial charge on any atom is 0.212 e. The number of halogens is 1. The monoisotopic (exact) mass is 333 g/mol. The Labute approximate surface area is 124 Å². The highest BCUT2D eigenvalue weighted by Crippen LogP contribution is 2.36. The van der Waals surface area contributed by atoms with Crippen LogP contribution in [0.1, 0.15) is 28.4 Å². The second-order valence-corrected chi connectivity index (χ2v) is 5.42. The van der Waals surface area contributed by atoms with E-state index in [-0.39, 0.29) is 11.9 Å². The summed E-state index contributed by atoms with van der Waals surface area (Å²) in [6, 6.07) is 9.07. The molecule has 0 spiro atoms. The number of hydrogen-bond acceptors (Lipinski definition) is 4. The third-order valence-corrected chi connectivity index (χ3v) is 3.72. The van der Waals surface area contributed by atoms with Crippen LogP contribution in [0.2, 0.25) is 0 Å². The number of hydrogen-bond donors (Lipinski definition) is 0. The molecule has 0 saturated heterocycles. The Morgan fingerprint density at radius 2 is 2.20 bits per heavy atom. The van der Waals surface area contributed by atoms with Gasteiger partial charge in [0.05, 0.1) is 19.1 Å². The van der Waals surface area contributed by atoms with Gasteiger partial charge in [0.25, 0.3) is 0 Å². The predicted octanol–water partition coefficient (Wildman–Crippen LogP) is 3.56. The average Bonchev–Trinajstić information content (AvgIpc) is 2.46. The molecule has 20 heavy (non-hydrogen) atoms. The Kier molecular flexibility index (Phi) is 3.44. The number of nitrogens with zero attached hydrogens (tertiary/aromatic N) is 1. The van der Waals surface area contributed by atoms with Gasteiger partial charge in [-0.3, -0.25) is 4.79 Å². The van der Waals surface area contributed by atoms with Crippen molar-refractivity contribution in [3.8, 4) is 11.6 Å². The summed E-state index contributed by atoms with van der Waals surface area (Å²) in [4.78, 5) is 16.3. The highest BCUT2D eigenvalue weighted by atomic mass is 79.9. The number of methoxy groups -OCH3 is 1. The highest BCUT2D eigenvalue weighted by Gasteiger charge is 2.27. The molecule has 1 aliphatic heterocycles. The van der Waals surface area contributed by atoms with Crippen LogP contribution in [0, 0.1) is 0 Å². The van der Waals surface area contributed by atoms with Crippen LogP contribution in [-0.4, -0.2) is 17.9 Å². The van der Waals surface area contributed by atoms with Crippen molar-refractivity contribution in [3.63, 3.8) is 0 Å². The summed E-state index contributed by atoms with van der Waals surface area (Å²) in [5.41, 5.74) is 1.50. The SMILES string of the molecule is COc1ccc(C2CC(=O)c3ccc(Br)cc3O2)cn1. The number of ketones is 1. The van der Waals surface area contributed by atoms with E-state index in [2.05, 4.69) is 20.9 Å². The zero-order valence-corrected chi connectivity index (χ0v) is 12.4. The minimum atomic E-state index is -0.303. The van der Waals surface area contributed by atoms with Crippen LogP contribution in [-0.2, 0) is 0 Å². The smallest absolute Gasteiger partial charge is 0.212 e. The van der Waals surface area contributed by atoms with Crippen molar-refractivity contribution in [2.45, 2.75) is 12.5 Å². The molecule has 102 valence electrons. The fraction of sp³-hybridized carbons (Fsp3) is 0.200. The molecule has 0 aliphatic carbocycles. The number of aromatic nitrogens is 1. The molecule has 1 aromatic heterocycles. The number of carbonyl (C=O) groups is 1. The number of Topliss-reactive ketones (excluding diaryl/α,β-unsaturated/α-hetero) is 1. The first-order valence-corrected chi connectivity index (χ1v) is 6.96. The number of fused-ring (bicyclic) bond motifs is 1. The second kappa shape index (κ2) is 5.25. The molecule has 1 unspecified atom stereocenters. The molecule has 1 aliphatic rings. The van der Waals surface area contributed by atoms with Crippen LogP contribution < -0.4 is 9.47 Å². The van der Waals surface area contributed by atoms with E-state index in [1.165, 1.54) is 0 Å². The first kappa shape index (κ1) is 13.1. The normalized spacial score (nSPS) is 17.3. The molecule has 5 heteroatoms. The molecular formula is C15H12BrNO3. The van der Waals surface area contributed by atoms with E-state index in [9.17, 15) is 4.79 Å². The van der Waals surface area contributed by atoms with Crippen LogP contribution in [0.25, 0.3) is 0 Å². The fourth-order valence-corrected chi connectivity index (χ4v) is 2.53. The van der Waals surface area contributed by atoms with Crippen molar-refractivity contribution >= 4 is 21.7 Å². The number of rotatable bonds is 2. The summed E-state index contributed by atoms with van der Waals surface area (Å²) < 4.78 is 11.8. The molecule has 0 N–H and O–H groups in total. The Balaban J connectivity index is 1.91. The van der Waals surface area contributed by atoms with Gasteiger partial charge in [-0.15, -0.1) is 0 Å². The summed E-state index contributed by atoms with van der Waals surface area (Å²) in [5, 5.41) is 0. The van der Waals surface area contributed by atoms with Gasteiger partial charge in [-0.25, -0.2) is 4.98 Å². The van der Waals surface area contributed by atoms with Crippen molar-refractivity contribution in [2.75, 3.05) is 7.11 Å². The summed E-state index contributed by atoms with van der Waals surface area (Å²) in [6.07, 6.45) is 1.70. The van der Waals surface area contributed by atoms with Gasteiger partial charge in [0.2, 0.25) is 5.88 Å². The van der Waals surface area contributed by atoms with Crippen LogP contribution in [0.4, 0.5) is 0 Å². The summed E-state index contributed by atoms with van der Waals surface area (Å²) in [6.45, 7) is 0. The first-order valence-electron chi connectivity index (χ1n) is 6.16. The lowest BCUT2D eigenvalue weighted by molar-refractivity contribution is 0.0849. The standard InChI is InChI=1S/C15H12BrNO3/c1-19-15-5-2-9(8-17-15)13-7-12(18)11-4-3-10(16)6-14(11)20-13/h2-6,8,13H,7H2,1H3. The van der Waals surface area contributed by atoms with Gasteiger partial charge in [-0.1, -0.05) is 15.9 Å². The quantitative estimate of drug-likeness (QED) is 0.843. The second-order valence-electron chi connectivity index (χ2n) is 4.51. The Hall–Kier alpha value is -1.88. The third-order valence-electron chi connectivity index (χ3n) is 3.22. The van der Waals surface area contributed by atoms with Gasteiger partial charge in [0.1, 0.15) is 11.9 Å². The van der Waals surface area contributed by atoms with Gasteiger partial charge < -0.3 is 9.47 Å². The third kappa shape index (κ3) is 2.41. The largest absolute Gasteiger partial charge is 0.484 e. The predicted molar refractivity (Wildman–Crippen MR) is 77.2 cm³/mol. The van der Waals surface area contributed by atoms with Crippen molar-refractivity contribution in [2.24, 2.45) is 0 Å². The van der Waals surface area contributed by atoms with E-state index in [1.54, 1.807) is 25.4 Å². The van der Waals surface area contributed by atoms with E-state index in [0.29, 0.717) is 23.6 Å². The lowest BCUT2D eigenvalue weighted by atomic mass is 9.97. The van der Waals surface area contributed by atoms with Gasteiger partial charge in [0.15, 0.2) is 5.78 Å². The molecule has 1 aromatic carbocycles. The summed E-state index contributed by atoms with van der Waals surface area (Å²) in [7, 11) is 1.57. The number of pyridine rings is 1. The van der Waals surface area contributed by atoms with E-state index >= 15 is 0 Å². The molecule has 0 fully saturated rings. The Bertz CT molecular complexity index is 655. The summed E-state index contributed by atoms with van der Waals surface area (Å²) >= 11 is 3.39. The van der Waals surface area contributed by atoms with Crippen molar-refractivity contribution in [1.82, 2.24) is 4.98 Å². The van der Waals surface area contributed by atoms with E-state index < -0.39 is 0 Å². The minimum absolute atomic E-state index is 0.0829. The highest BCUT2D eigenvalue weighted by molar-refractivity contribution is 9.10. The number of carbonyl (C=O) groups excluding carboxylic acids is 1. The first-order chi connectivity index (χ1) is 9.67. The van der Waals surface area contributed by atoms with Crippen LogP contribution >= 0.6 is 15.9 Å². The number of ether oxygens (including phenoxy) is 2. The molecule has 0 saturated carbocycles. The Morgan fingerprint density at radius 3 is 2.90 bits per heavy atom. The maximum atomic E-state index is 12.2. The van der Waals surface area contributed by atoms with Crippen molar-refractivity contribution in [3.05, 3.63) is 52.1 Å². The lowest BCUT2D eigenvalue weighted by Crippen LogP contribution is -2.20. The summed E-state index contributed by atoms with van der Waals surface area (Å²) in [5.74, 6) is 1.23. The molecular weight excluding hydrogens is 322 g/mol. The Morgan fingerprint density at radius 1 is 1.35 bits per heavy atom. The molecule has 1 atom stereocenters. The van der Waals surface area contributed by atoms with E-state index in [4.69, 9.17) is 9.47 Å². The topological polar surface area (TPSA) is 48.4 Å². The fourth-order valence-electron chi connectivity index (χ4n) is 2.19. The molecule has 2 aromatic rings. The lowest BCUT2D eigenvalue weighted by Gasteiger charge is -2.25. The van der Waals surface area contributed by atoms with Crippen LogP contribution in [0.3, 0.4) is 0 Å². The number of benzene rings is 1. The molecule has 0 radical (unpaired) electrons. The van der Waals surface area contributed by atoms with Gasteiger partial charge in [-0.05, 0) is 24.3 Å². The maximum absolute atomic E-state index is 12.2. The van der Waals surface area contributed by atoms with Gasteiger partial charge in [-0.2, -0.15) is 0 Å².